The van der Waals surface area contributed by atoms with E-state index < -0.39 is 6.36 Å². The van der Waals surface area contributed by atoms with Crippen molar-refractivity contribution >= 4 is 0 Å². The Morgan fingerprint density at radius 3 is 2.26 bits per heavy atom. The Hall–Kier alpha value is -1.43. The molecule has 0 aliphatic carbocycles. The summed E-state index contributed by atoms with van der Waals surface area (Å²) < 4.78 is 45.1. The molecule has 0 spiro atoms. The van der Waals surface area contributed by atoms with Gasteiger partial charge in [-0.2, -0.15) is 0 Å². The molecule has 1 aromatic rings. The van der Waals surface area contributed by atoms with Crippen molar-refractivity contribution in [2.45, 2.75) is 20.2 Å². The number of halogens is 3. The van der Waals surface area contributed by atoms with Crippen LogP contribution in [0.1, 0.15) is 13.8 Å². The van der Waals surface area contributed by atoms with Crippen LogP contribution in [0.2, 0.25) is 0 Å². The van der Waals surface area contributed by atoms with Gasteiger partial charge < -0.3 is 14.8 Å². The lowest BCUT2D eigenvalue weighted by Crippen LogP contribution is -2.24. The van der Waals surface area contributed by atoms with Gasteiger partial charge in [0.15, 0.2) is 0 Å². The van der Waals surface area contributed by atoms with E-state index in [1.54, 1.807) is 0 Å². The smallest absolute Gasteiger partial charge is 0.493 e. The zero-order chi connectivity index (χ0) is 14.3. The van der Waals surface area contributed by atoms with Crippen LogP contribution in [0.25, 0.3) is 0 Å². The molecule has 0 aromatic heterocycles. The molecule has 0 saturated heterocycles. The molecule has 0 amide bonds. The zero-order valence-corrected chi connectivity index (χ0v) is 11.0. The zero-order valence-electron chi connectivity index (χ0n) is 11.0. The van der Waals surface area contributed by atoms with Gasteiger partial charge in [0.2, 0.25) is 0 Å². The lowest BCUT2D eigenvalue weighted by Gasteiger charge is -2.14. The van der Waals surface area contributed by atoms with Crippen LogP contribution >= 0.6 is 0 Å². The predicted molar refractivity (Wildman–Crippen MR) is 66.3 cm³/mol. The second-order valence-electron chi connectivity index (χ2n) is 4.24. The number of nitrogens with one attached hydrogen (secondary N) is 1. The molecule has 6 heteroatoms. The van der Waals surface area contributed by atoms with Crippen molar-refractivity contribution in [3.63, 3.8) is 0 Å². The number of rotatable bonds is 7. The van der Waals surface area contributed by atoms with Crippen molar-refractivity contribution in [1.82, 2.24) is 5.32 Å². The topological polar surface area (TPSA) is 30.5 Å². The molecule has 0 saturated carbocycles. The van der Waals surface area contributed by atoms with E-state index >= 15 is 0 Å². The summed E-state index contributed by atoms with van der Waals surface area (Å²) in [6.45, 7) is 6.29. The van der Waals surface area contributed by atoms with Crippen LogP contribution < -0.4 is 14.8 Å². The second kappa shape index (κ2) is 7.23. The Kier molecular flexibility index (Phi) is 5.95. The molecule has 0 fully saturated rings. The van der Waals surface area contributed by atoms with Crippen molar-refractivity contribution in [3.8, 4) is 11.5 Å². The maximum absolute atomic E-state index is 12.0. The Balaban J connectivity index is 2.40. The van der Waals surface area contributed by atoms with E-state index in [2.05, 4.69) is 10.1 Å². The summed E-state index contributed by atoms with van der Waals surface area (Å²) in [5.74, 6) is 0.601. The summed E-state index contributed by atoms with van der Waals surface area (Å²) >= 11 is 0. The van der Waals surface area contributed by atoms with E-state index in [0.29, 0.717) is 18.3 Å². The summed E-state index contributed by atoms with van der Waals surface area (Å²) in [7, 11) is 0. The quantitative estimate of drug-likeness (QED) is 0.830. The summed E-state index contributed by atoms with van der Waals surface area (Å²) in [6.07, 6.45) is -4.66. The number of hydrogen-bond acceptors (Lipinski definition) is 3. The average Bonchev–Trinajstić information content (AvgIpc) is 2.33. The highest BCUT2D eigenvalue weighted by Gasteiger charge is 2.30. The number of alkyl halides is 3. The SMILES string of the molecule is CCNCC(C)COc1ccc(OC(F)(F)F)cc1. The molecule has 0 aliphatic heterocycles. The van der Waals surface area contributed by atoms with Crippen molar-refractivity contribution in [1.29, 1.82) is 0 Å². The third-order valence-corrected chi connectivity index (χ3v) is 2.33. The second-order valence-corrected chi connectivity index (χ2v) is 4.24. The van der Waals surface area contributed by atoms with E-state index in [0.717, 1.165) is 13.1 Å². The summed E-state index contributed by atoms with van der Waals surface area (Å²) in [5, 5.41) is 3.19. The maximum atomic E-state index is 12.0. The fourth-order valence-corrected chi connectivity index (χ4v) is 1.43. The Labute approximate surface area is 110 Å². The van der Waals surface area contributed by atoms with E-state index in [-0.39, 0.29) is 5.75 Å². The van der Waals surface area contributed by atoms with Gasteiger partial charge in [0, 0.05) is 12.5 Å². The van der Waals surface area contributed by atoms with Gasteiger partial charge in [-0.05, 0) is 30.8 Å². The van der Waals surface area contributed by atoms with Gasteiger partial charge in [0.1, 0.15) is 11.5 Å². The van der Waals surface area contributed by atoms with E-state index in [9.17, 15) is 13.2 Å². The molecular formula is C13H18F3NO2. The van der Waals surface area contributed by atoms with Crippen LogP contribution in [0.5, 0.6) is 11.5 Å². The molecule has 1 N–H and O–H groups in total. The van der Waals surface area contributed by atoms with Gasteiger partial charge >= 0.3 is 6.36 Å². The first-order valence-corrected chi connectivity index (χ1v) is 6.10. The normalized spacial score (nSPS) is 13.1. The molecule has 1 rings (SSSR count). The van der Waals surface area contributed by atoms with Gasteiger partial charge in [-0.3, -0.25) is 0 Å². The van der Waals surface area contributed by atoms with Crippen molar-refractivity contribution < 1.29 is 22.6 Å². The largest absolute Gasteiger partial charge is 0.573 e. The molecule has 1 atom stereocenters. The van der Waals surface area contributed by atoms with Crippen LogP contribution in [0.3, 0.4) is 0 Å². The van der Waals surface area contributed by atoms with Gasteiger partial charge in [-0.1, -0.05) is 13.8 Å². The van der Waals surface area contributed by atoms with Crippen LogP contribution in [-0.2, 0) is 0 Å². The Morgan fingerprint density at radius 2 is 1.74 bits per heavy atom. The van der Waals surface area contributed by atoms with Crippen LogP contribution in [-0.4, -0.2) is 26.1 Å². The van der Waals surface area contributed by atoms with Crippen LogP contribution in [0.4, 0.5) is 13.2 Å². The standard InChI is InChI=1S/C13H18F3NO2/c1-3-17-8-10(2)9-18-11-4-6-12(7-5-11)19-13(14,15)16/h4-7,10,17H,3,8-9H2,1-2H3. The van der Waals surface area contributed by atoms with Crippen molar-refractivity contribution in [2.24, 2.45) is 5.92 Å². The molecule has 3 nitrogen and oxygen atoms in total. The van der Waals surface area contributed by atoms with Gasteiger partial charge in [-0.25, -0.2) is 0 Å². The lowest BCUT2D eigenvalue weighted by atomic mass is 10.2. The average molecular weight is 277 g/mol. The Bertz CT molecular complexity index is 365. The first kappa shape index (κ1) is 15.6. The number of benzene rings is 1. The molecule has 0 radical (unpaired) electrons. The monoisotopic (exact) mass is 277 g/mol. The van der Waals surface area contributed by atoms with Gasteiger partial charge in [-0.15, -0.1) is 13.2 Å². The third-order valence-electron chi connectivity index (χ3n) is 2.33. The van der Waals surface area contributed by atoms with E-state index in [1.165, 1.54) is 24.3 Å². The summed E-state index contributed by atoms with van der Waals surface area (Å²) in [4.78, 5) is 0. The maximum Gasteiger partial charge on any atom is 0.573 e. The summed E-state index contributed by atoms with van der Waals surface area (Å²) in [5.41, 5.74) is 0. The van der Waals surface area contributed by atoms with E-state index in [4.69, 9.17) is 4.74 Å². The van der Waals surface area contributed by atoms with E-state index in [1.807, 2.05) is 13.8 Å². The molecule has 1 unspecified atom stereocenters. The number of hydrogen-bond donors (Lipinski definition) is 1. The van der Waals surface area contributed by atoms with Crippen molar-refractivity contribution in [2.75, 3.05) is 19.7 Å². The number of ether oxygens (including phenoxy) is 2. The highest BCUT2D eigenvalue weighted by atomic mass is 19.4. The highest BCUT2D eigenvalue weighted by Crippen LogP contribution is 2.24. The highest BCUT2D eigenvalue weighted by molar-refractivity contribution is 5.31. The Morgan fingerprint density at radius 1 is 1.16 bits per heavy atom. The first-order chi connectivity index (χ1) is 8.90. The molecule has 0 heterocycles. The van der Waals surface area contributed by atoms with Crippen LogP contribution in [0, 0.1) is 5.92 Å². The predicted octanol–water partition coefficient (Wildman–Crippen LogP) is 3.21. The fourth-order valence-electron chi connectivity index (χ4n) is 1.43. The van der Waals surface area contributed by atoms with Crippen molar-refractivity contribution in [3.05, 3.63) is 24.3 Å². The van der Waals surface area contributed by atoms with Crippen LogP contribution in [0.15, 0.2) is 24.3 Å². The van der Waals surface area contributed by atoms with Gasteiger partial charge in [0.05, 0.1) is 6.61 Å². The molecular weight excluding hydrogens is 259 g/mol. The lowest BCUT2D eigenvalue weighted by molar-refractivity contribution is -0.274. The minimum Gasteiger partial charge on any atom is -0.493 e. The molecule has 19 heavy (non-hydrogen) atoms. The third kappa shape index (κ3) is 6.91. The van der Waals surface area contributed by atoms with Gasteiger partial charge in [0.25, 0.3) is 0 Å². The molecule has 108 valence electrons. The fraction of sp³-hybridized carbons (Fsp3) is 0.538. The minimum atomic E-state index is -4.66. The molecule has 0 aliphatic rings. The summed E-state index contributed by atoms with van der Waals surface area (Å²) in [6, 6.07) is 5.39. The molecule has 1 aromatic carbocycles. The molecule has 0 bridgehead atoms. The minimum absolute atomic E-state index is 0.249. The first-order valence-electron chi connectivity index (χ1n) is 6.10.